The molecule has 5 nitrogen and oxygen atoms in total. The van der Waals surface area contributed by atoms with E-state index < -0.39 is 17.7 Å². The SMILES string of the molecule is CCCOC(=O)[C@@H](C)Oc1ccc2c(-c3ccccc3)cc(=O)oc2c1C. The minimum atomic E-state index is -0.753. The number of benzene rings is 2. The average Bonchev–Trinajstić information content (AvgIpc) is 2.68. The summed E-state index contributed by atoms with van der Waals surface area (Å²) in [4.78, 5) is 24.1. The molecule has 0 unspecified atom stereocenters. The van der Waals surface area contributed by atoms with Gasteiger partial charge in [0.25, 0.3) is 0 Å². The molecule has 1 atom stereocenters. The molecule has 140 valence electrons. The fraction of sp³-hybridized carbons (Fsp3) is 0.273. The molecule has 0 saturated carbocycles. The highest BCUT2D eigenvalue weighted by atomic mass is 16.6. The Bertz CT molecular complexity index is 1000. The number of carbonyl (C=O) groups is 1. The van der Waals surface area contributed by atoms with Crippen molar-refractivity contribution in [3.8, 4) is 16.9 Å². The maximum Gasteiger partial charge on any atom is 0.347 e. The van der Waals surface area contributed by atoms with Gasteiger partial charge in [-0.3, -0.25) is 0 Å². The van der Waals surface area contributed by atoms with Gasteiger partial charge in [-0.25, -0.2) is 9.59 Å². The zero-order chi connectivity index (χ0) is 19.4. The second-order valence-electron chi connectivity index (χ2n) is 6.34. The number of ether oxygens (including phenoxy) is 2. The molecular weight excluding hydrogens is 344 g/mol. The van der Waals surface area contributed by atoms with Crippen molar-refractivity contribution in [1.29, 1.82) is 0 Å². The summed E-state index contributed by atoms with van der Waals surface area (Å²) in [6.45, 7) is 5.73. The molecule has 0 bridgehead atoms. The van der Waals surface area contributed by atoms with Crippen molar-refractivity contribution >= 4 is 16.9 Å². The molecule has 1 aromatic heterocycles. The summed E-state index contributed by atoms with van der Waals surface area (Å²) in [5.74, 6) is 0.0626. The van der Waals surface area contributed by atoms with Crippen LogP contribution in [0.4, 0.5) is 0 Å². The van der Waals surface area contributed by atoms with Crippen LogP contribution in [0.5, 0.6) is 5.75 Å². The molecule has 3 aromatic rings. The molecule has 0 aliphatic rings. The lowest BCUT2D eigenvalue weighted by atomic mass is 10.00. The van der Waals surface area contributed by atoms with E-state index in [1.807, 2.05) is 43.3 Å². The summed E-state index contributed by atoms with van der Waals surface area (Å²) in [5.41, 5.74) is 2.41. The Kier molecular flexibility index (Phi) is 5.60. The first-order valence-corrected chi connectivity index (χ1v) is 8.97. The summed E-state index contributed by atoms with van der Waals surface area (Å²) < 4.78 is 16.3. The molecule has 5 heteroatoms. The lowest BCUT2D eigenvalue weighted by Gasteiger charge is -2.16. The fourth-order valence-electron chi connectivity index (χ4n) is 2.89. The van der Waals surface area contributed by atoms with Crippen LogP contribution < -0.4 is 10.4 Å². The summed E-state index contributed by atoms with van der Waals surface area (Å²) >= 11 is 0. The Morgan fingerprint density at radius 2 is 1.89 bits per heavy atom. The van der Waals surface area contributed by atoms with Crippen LogP contribution in [-0.4, -0.2) is 18.7 Å². The van der Waals surface area contributed by atoms with E-state index in [0.717, 1.165) is 22.9 Å². The van der Waals surface area contributed by atoms with Crippen LogP contribution in [-0.2, 0) is 9.53 Å². The quantitative estimate of drug-likeness (QED) is 0.475. The first kappa shape index (κ1) is 18.7. The summed E-state index contributed by atoms with van der Waals surface area (Å²) in [5, 5.41) is 0.812. The van der Waals surface area contributed by atoms with Gasteiger partial charge in [-0.1, -0.05) is 37.3 Å². The van der Waals surface area contributed by atoms with Crippen LogP contribution in [0, 0.1) is 6.92 Å². The van der Waals surface area contributed by atoms with Gasteiger partial charge in [0.1, 0.15) is 11.3 Å². The Morgan fingerprint density at radius 1 is 1.15 bits per heavy atom. The number of fused-ring (bicyclic) bond motifs is 1. The Morgan fingerprint density at radius 3 is 2.59 bits per heavy atom. The minimum Gasteiger partial charge on any atom is -0.479 e. The molecule has 2 aromatic carbocycles. The van der Waals surface area contributed by atoms with E-state index in [9.17, 15) is 9.59 Å². The lowest BCUT2D eigenvalue weighted by Crippen LogP contribution is -2.26. The average molecular weight is 366 g/mol. The molecule has 0 amide bonds. The van der Waals surface area contributed by atoms with Crippen molar-refractivity contribution in [2.24, 2.45) is 0 Å². The monoisotopic (exact) mass is 366 g/mol. The molecular formula is C22H22O5. The number of aryl methyl sites for hydroxylation is 1. The first-order chi connectivity index (χ1) is 13.0. The normalized spacial score (nSPS) is 12.0. The summed E-state index contributed by atoms with van der Waals surface area (Å²) in [6, 6.07) is 14.8. The largest absolute Gasteiger partial charge is 0.479 e. The van der Waals surface area contributed by atoms with E-state index in [4.69, 9.17) is 13.9 Å². The Balaban J connectivity index is 2.01. The predicted molar refractivity (Wildman–Crippen MR) is 104 cm³/mol. The van der Waals surface area contributed by atoms with Crippen molar-refractivity contribution in [3.05, 3.63) is 64.5 Å². The molecule has 0 aliphatic heterocycles. The molecule has 0 saturated heterocycles. The van der Waals surface area contributed by atoms with Crippen LogP contribution in [0.25, 0.3) is 22.1 Å². The van der Waals surface area contributed by atoms with E-state index in [2.05, 4.69) is 0 Å². The Hall–Kier alpha value is -3.08. The van der Waals surface area contributed by atoms with Gasteiger partial charge in [-0.05, 0) is 43.5 Å². The molecule has 1 heterocycles. The maximum atomic E-state index is 12.1. The van der Waals surface area contributed by atoms with E-state index >= 15 is 0 Å². The van der Waals surface area contributed by atoms with Gasteiger partial charge in [0.15, 0.2) is 6.10 Å². The standard InChI is InChI=1S/C22H22O5/c1-4-12-25-22(24)15(3)26-19-11-10-17-18(16-8-6-5-7-9-16)13-20(23)27-21(17)14(19)2/h5-11,13,15H,4,12H2,1-3H3/t15-/m1/s1. The van der Waals surface area contributed by atoms with Gasteiger partial charge in [0.05, 0.1) is 6.61 Å². The van der Waals surface area contributed by atoms with E-state index in [0.29, 0.717) is 23.5 Å². The second-order valence-corrected chi connectivity index (χ2v) is 6.34. The molecule has 0 N–H and O–H groups in total. The number of esters is 1. The number of hydrogen-bond acceptors (Lipinski definition) is 5. The van der Waals surface area contributed by atoms with Crippen LogP contribution >= 0.6 is 0 Å². The number of hydrogen-bond donors (Lipinski definition) is 0. The molecule has 0 radical (unpaired) electrons. The van der Waals surface area contributed by atoms with Crippen molar-refractivity contribution in [3.63, 3.8) is 0 Å². The zero-order valence-corrected chi connectivity index (χ0v) is 15.7. The lowest BCUT2D eigenvalue weighted by molar-refractivity contribution is -0.151. The molecule has 0 fully saturated rings. The third kappa shape index (κ3) is 4.03. The maximum absolute atomic E-state index is 12.1. The van der Waals surface area contributed by atoms with Crippen LogP contribution in [0.2, 0.25) is 0 Å². The van der Waals surface area contributed by atoms with Gasteiger partial charge >= 0.3 is 11.6 Å². The highest BCUT2D eigenvalue weighted by molar-refractivity contribution is 5.95. The van der Waals surface area contributed by atoms with E-state index in [-0.39, 0.29) is 0 Å². The molecule has 0 spiro atoms. The summed E-state index contributed by atoms with van der Waals surface area (Å²) in [6.07, 6.45) is -0.00215. The van der Waals surface area contributed by atoms with Gasteiger partial charge in [-0.2, -0.15) is 0 Å². The first-order valence-electron chi connectivity index (χ1n) is 8.97. The second kappa shape index (κ2) is 8.08. The zero-order valence-electron chi connectivity index (χ0n) is 15.7. The van der Waals surface area contributed by atoms with Crippen molar-refractivity contribution < 1.29 is 18.7 Å². The van der Waals surface area contributed by atoms with Gasteiger partial charge < -0.3 is 13.9 Å². The van der Waals surface area contributed by atoms with Crippen molar-refractivity contribution in [2.75, 3.05) is 6.61 Å². The highest BCUT2D eigenvalue weighted by Crippen LogP contribution is 2.33. The third-order valence-corrected chi connectivity index (χ3v) is 4.28. The molecule has 3 rings (SSSR count). The van der Waals surface area contributed by atoms with E-state index in [1.54, 1.807) is 19.9 Å². The van der Waals surface area contributed by atoms with Gasteiger partial charge in [0.2, 0.25) is 0 Å². The topological polar surface area (TPSA) is 65.7 Å². The van der Waals surface area contributed by atoms with Crippen LogP contribution in [0.1, 0.15) is 25.8 Å². The third-order valence-electron chi connectivity index (χ3n) is 4.28. The number of carbonyl (C=O) groups excluding carboxylic acids is 1. The predicted octanol–water partition coefficient (Wildman–Crippen LogP) is 4.49. The minimum absolute atomic E-state index is 0.360. The smallest absolute Gasteiger partial charge is 0.347 e. The molecule has 27 heavy (non-hydrogen) atoms. The Labute approximate surface area is 157 Å². The van der Waals surface area contributed by atoms with Crippen molar-refractivity contribution in [2.45, 2.75) is 33.3 Å². The molecule has 0 aliphatic carbocycles. The fourth-order valence-corrected chi connectivity index (χ4v) is 2.89. The number of rotatable bonds is 6. The van der Waals surface area contributed by atoms with Crippen LogP contribution in [0.15, 0.2) is 57.7 Å². The van der Waals surface area contributed by atoms with Crippen molar-refractivity contribution in [1.82, 2.24) is 0 Å². The van der Waals surface area contributed by atoms with Gasteiger partial charge in [-0.15, -0.1) is 0 Å². The summed E-state index contributed by atoms with van der Waals surface area (Å²) in [7, 11) is 0. The van der Waals surface area contributed by atoms with Crippen LogP contribution in [0.3, 0.4) is 0 Å². The van der Waals surface area contributed by atoms with Gasteiger partial charge in [0, 0.05) is 17.0 Å². The highest BCUT2D eigenvalue weighted by Gasteiger charge is 2.19. The van der Waals surface area contributed by atoms with E-state index in [1.165, 1.54) is 6.07 Å².